The zero-order chi connectivity index (χ0) is 10.3. The highest BCUT2D eigenvalue weighted by Crippen LogP contribution is 2.15. The first-order chi connectivity index (χ1) is 7.34. The Morgan fingerprint density at radius 2 is 2.12 bits per heavy atom. The molecular formula is C9H9ClN6. The molecule has 0 amide bonds. The third-order valence-electron chi connectivity index (χ3n) is 2.21. The van der Waals surface area contributed by atoms with Crippen LogP contribution in [0.1, 0.15) is 0 Å². The molecule has 3 heterocycles. The number of fused-ring (bicyclic) bond motifs is 1. The molecule has 0 saturated heterocycles. The fraction of sp³-hybridized carbons (Fsp3) is 0.111. The van der Waals surface area contributed by atoms with Crippen molar-refractivity contribution < 1.29 is 0 Å². The van der Waals surface area contributed by atoms with E-state index in [9.17, 15) is 0 Å². The van der Waals surface area contributed by atoms with Crippen LogP contribution in [-0.4, -0.2) is 29.8 Å². The second-order valence-corrected chi connectivity index (χ2v) is 3.20. The molecule has 82 valence electrons. The molecule has 6 nitrogen and oxygen atoms in total. The van der Waals surface area contributed by atoms with Gasteiger partial charge in [0.2, 0.25) is 0 Å². The Labute approximate surface area is 97.3 Å². The maximum absolute atomic E-state index is 4.13. The van der Waals surface area contributed by atoms with Crippen LogP contribution in [0.4, 0.5) is 0 Å². The molecule has 0 aliphatic carbocycles. The third kappa shape index (κ3) is 1.53. The van der Waals surface area contributed by atoms with Crippen LogP contribution in [0.5, 0.6) is 0 Å². The lowest BCUT2D eigenvalue weighted by Crippen LogP contribution is -1.96. The van der Waals surface area contributed by atoms with Crippen LogP contribution in [-0.2, 0) is 7.05 Å². The highest BCUT2D eigenvalue weighted by Gasteiger charge is 2.06. The Morgan fingerprint density at radius 1 is 1.25 bits per heavy atom. The summed E-state index contributed by atoms with van der Waals surface area (Å²) < 4.78 is 1.86. The smallest absolute Gasteiger partial charge is 0.274 e. The van der Waals surface area contributed by atoms with Crippen molar-refractivity contribution in [3.05, 3.63) is 30.7 Å². The molecule has 3 aromatic rings. The SMILES string of the molecule is Cl.Cn1nnc(-n2ccc3ccncc32)n1. The van der Waals surface area contributed by atoms with Crippen molar-refractivity contribution in [1.82, 2.24) is 29.8 Å². The average Bonchev–Trinajstić information content (AvgIpc) is 2.83. The van der Waals surface area contributed by atoms with Crippen molar-refractivity contribution in [1.29, 1.82) is 0 Å². The number of aromatic nitrogens is 6. The van der Waals surface area contributed by atoms with E-state index in [1.807, 2.05) is 22.9 Å². The summed E-state index contributed by atoms with van der Waals surface area (Å²) in [7, 11) is 1.74. The van der Waals surface area contributed by atoms with Crippen LogP contribution >= 0.6 is 12.4 Å². The summed E-state index contributed by atoms with van der Waals surface area (Å²) in [5.41, 5.74) is 0.977. The van der Waals surface area contributed by atoms with Gasteiger partial charge in [-0.05, 0) is 17.3 Å². The molecule has 0 saturated carbocycles. The molecule has 0 aromatic carbocycles. The van der Waals surface area contributed by atoms with E-state index in [4.69, 9.17) is 0 Å². The fourth-order valence-electron chi connectivity index (χ4n) is 1.52. The van der Waals surface area contributed by atoms with Crippen LogP contribution in [0, 0.1) is 0 Å². The number of aryl methyl sites for hydroxylation is 1. The van der Waals surface area contributed by atoms with E-state index in [0.29, 0.717) is 5.95 Å². The number of pyridine rings is 1. The second kappa shape index (κ2) is 3.90. The summed E-state index contributed by atoms with van der Waals surface area (Å²) in [6.45, 7) is 0. The largest absolute Gasteiger partial charge is 0.281 e. The summed E-state index contributed by atoms with van der Waals surface area (Å²) in [6.07, 6.45) is 5.45. The van der Waals surface area contributed by atoms with Crippen molar-refractivity contribution in [3.8, 4) is 5.95 Å². The van der Waals surface area contributed by atoms with Crippen LogP contribution in [0.3, 0.4) is 0 Å². The molecule has 0 aliphatic rings. The lowest BCUT2D eigenvalue weighted by atomic mass is 10.3. The van der Waals surface area contributed by atoms with Crippen molar-refractivity contribution in [2.24, 2.45) is 7.05 Å². The number of hydrogen-bond acceptors (Lipinski definition) is 4. The highest BCUT2D eigenvalue weighted by molar-refractivity contribution is 5.85. The maximum Gasteiger partial charge on any atom is 0.274 e. The van der Waals surface area contributed by atoms with Crippen molar-refractivity contribution in [3.63, 3.8) is 0 Å². The first-order valence-electron chi connectivity index (χ1n) is 4.50. The molecule has 0 bridgehead atoms. The van der Waals surface area contributed by atoms with E-state index in [1.54, 1.807) is 19.4 Å². The average molecular weight is 237 g/mol. The first-order valence-corrected chi connectivity index (χ1v) is 4.50. The number of halogens is 1. The zero-order valence-electron chi connectivity index (χ0n) is 8.48. The molecule has 0 radical (unpaired) electrons. The topological polar surface area (TPSA) is 61.4 Å². The third-order valence-corrected chi connectivity index (χ3v) is 2.21. The monoisotopic (exact) mass is 236 g/mol. The van der Waals surface area contributed by atoms with Crippen LogP contribution in [0.2, 0.25) is 0 Å². The Balaban J connectivity index is 0.000000963. The summed E-state index contributed by atoms with van der Waals surface area (Å²) in [4.78, 5) is 5.50. The highest BCUT2D eigenvalue weighted by atomic mass is 35.5. The molecule has 0 N–H and O–H groups in total. The summed E-state index contributed by atoms with van der Waals surface area (Å²) >= 11 is 0. The van der Waals surface area contributed by atoms with Gasteiger partial charge in [0.1, 0.15) is 0 Å². The van der Waals surface area contributed by atoms with Gasteiger partial charge in [-0.25, -0.2) is 0 Å². The molecule has 0 fully saturated rings. The molecule has 16 heavy (non-hydrogen) atoms. The lowest BCUT2D eigenvalue weighted by molar-refractivity contribution is 0.629. The molecule has 0 spiro atoms. The minimum atomic E-state index is 0. The van der Waals surface area contributed by atoms with Gasteiger partial charge in [-0.15, -0.1) is 17.5 Å². The van der Waals surface area contributed by atoms with Gasteiger partial charge in [0, 0.05) is 17.8 Å². The van der Waals surface area contributed by atoms with E-state index in [0.717, 1.165) is 10.9 Å². The first kappa shape index (κ1) is 10.6. The Kier molecular flexibility index (Phi) is 2.57. The molecule has 7 heteroatoms. The minimum Gasteiger partial charge on any atom is -0.281 e. The standard InChI is InChI=1S/C9H8N6.ClH/c1-14-12-9(11-13-14)15-5-3-7-2-4-10-6-8(7)15;/h2-6H,1H3;1H. The molecule has 3 rings (SSSR count). The Bertz CT molecular complexity index is 613. The van der Waals surface area contributed by atoms with E-state index < -0.39 is 0 Å². The summed E-state index contributed by atoms with van der Waals surface area (Å²) in [5, 5.41) is 13.0. The maximum atomic E-state index is 4.13. The fourth-order valence-corrected chi connectivity index (χ4v) is 1.52. The van der Waals surface area contributed by atoms with Gasteiger partial charge in [0.05, 0.1) is 18.8 Å². The number of rotatable bonds is 1. The van der Waals surface area contributed by atoms with Crippen LogP contribution in [0.25, 0.3) is 16.9 Å². The molecule has 3 aromatic heterocycles. The van der Waals surface area contributed by atoms with Gasteiger partial charge < -0.3 is 0 Å². The normalized spacial score (nSPS) is 10.3. The van der Waals surface area contributed by atoms with E-state index in [2.05, 4.69) is 20.4 Å². The number of hydrogen-bond donors (Lipinski definition) is 0. The predicted octanol–water partition coefficient (Wildman–Crippen LogP) is 0.971. The van der Waals surface area contributed by atoms with Gasteiger partial charge >= 0.3 is 0 Å². The van der Waals surface area contributed by atoms with Crippen molar-refractivity contribution in [2.45, 2.75) is 0 Å². The van der Waals surface area contributed by atoms with E-state index in [-0.39, 0.29) is 12.4 Å². The number of nitrogens with zero attached hydrogens (tertiary/aromatic N) is 6. The van der Waals surface area contributed by atoms with Crippen LogP contribution < -0.4 is 0 Å². The molecule has 0 aliphatic heterocycles. The minimum absolute atomic E-state index is 0. The summed E-state index contributed by atoms with van der Waals surface area (Å²) in [5.74, 6) is 0.556. The zero-order valence-corrected chi connectivity index (χ0v) is 9.29. The molecule has 0 unspecified atom stereocenters. The Hall–Kier alpha value is -1.95. The number of tetrazole rings is 1. The van der Waals surface area contributed by atoms with Crippen molar-refractivity contribution in [2.75, 3.05) is 0 Å². The Morgan fingerprint density at radius 3 is 2.88 bits per heavy atom. The van der Waals surface area contributed by atoms with Gasteiger partial charge in [0.25, 0.3) is 5.95 Å². The van der Waals surface area contributed by atoms with Gasteiger partial charge in [-0.2, -0.15) is 4.80 Å². The quantitative estimate of drug-likeness (QED) is 0.632. The molecule has 0 atom stereocenters. The second-order valence-electron chi connectivity index (χ2n) is 3.20. The van der Waals surface area contributed by atoms with Gasteiger partial charge in [-0.1, -0.05) is 5.10 Å². The van der Waals surface area contributed by atoms with Crippen molar-refractivity contribution >= 4 is 23.3 Å². The molecular weight excluding hydrogens is 228 g/mol. The summed E-state index contributed by atoms with van der Waals surface area (Å²) in [6, 6.07) is 3.94. The van der Waals surface area contributed by atoms with Crippen LogP contribution in [0.15, 0.2) is 30.7 Å². The van der Waals surface area contributed by atoms with E-state index in [1.165, 1.54) is 4.80 Å². The predicted molar refractivity (Wildman–Crippen MR) is 60.7 cm³/mol. The lowest BCUT2D eigenvalue weighted by Gasteiger charge is -1.96. The van der Waals surface area contributed by atoms with Gasteiger partial charge in [0.15, 0.2) is 0 Å². The van der Waals surface area contributed by atoms with E-state index >= 15 is 0 Å². The van der Waals surface area contributed by atoms with Gasteiger partial charge in [-0.3, -0.25) is 9.55 Å².